The highest BCUT2D eigenvalue weighted by atomic mass is 35.5. The molecule has 0 spiro atoms. The number of nitrogens with zero attached hydrogens (tertiary/aromatic N) is 5. The van der Waals surface area contributed by atoms with Crippen LogP contribution in [-0.4, -0.2) is 73.3 Å². The van der Waals surface area contributed by atoms with Gasteiger partial charge in [-0.2, -0.15) is 9.97 Å². The molecule has 10 nitrogen and oxygen atoms in total. The largest absolute Gasteiger partial charge is 0.475 e. The molecule has 0 unspecified atom stereocenters. The zero-order valence-electron chi connectivity index (χ0n) is 17.2. The molecule has 3 heterocycles. The van der Waals surface area contributed by atoms with E-state index < -0.39 is 0 Å². The molecule has 0 saturated carbocycles. The van der Waals surface area contributed by atoms with Crippen LogP contribution in [0.5, 0.6) is 11.9 Å². The molecule has 2 N–H and O–H groups in total. The Balaban J connectivity index is 1.74. The first kappa shape index (κ1) is 22.0. The predicted octanol–water partition coefficient (Wildman–Crippen LogP) is 1.16. The molecule has 0 aliphatic carbocycles. The van der Waals surface area contributed by atoms with Gasteiger partial charge in [0, 0.05) is 25.4 Å². The molecule has 1 aliphatic rings. The van der Waals surface area contributed by atoms with Gasteiger partial charge in [0.25, 0.3) is 0 Å². The van der Waals surface area contributed by atoms with Gasteiger partial charge in [-0.25, -0.2) is 4.98 Å². The average molecular weight is 437 g/mol. The third-order valence-electron chi connectivity index (χ3n) is 4.38. The number of hydrogen-bond acceptors (Lipinski definition) is 9. The molecule has 11 heteroatoms. The van der Waals surface area contributed by atoms with E-state index in [1.807, 2.05) is 19.0 Å². The van der Waals surface area contributed by atoms with Crippen molar-refractivity contribution in [1.29, 1.82) is 0 Å². The Hall–Kier alpha value is -2.69. The summed E-state index contributed by atoms with van der Waals surface area (Å²) in [5.74, 6) is 0.879. The minimum absolute atomic E-state index is 0.101. The first-order chi connectivity index (χ1) is 14.4. The Labute approximate surface area is 179 Å². The maximum Gasteiger partial charge on any atom is 0.320 e. The zero-order chi connectivity index (χ0) is 21.7. The van der Waals surface area contributed by atoms with Crippen molar-refractivity contribution in [1.82, 2.24) is 19.9 Å². The third-order valence-corrected chi connectivity index (χ3v) is 4.65. The Kier molecular flexibility index (Phi) is 7.24. The standard InChI is InChI=1S/C19H25ClN6O4/c1-25(2)4-5-29-18-14(20)8-12(10-22-18)11-26-15(27)9-13-16(21)23-19(24-17(13)26)30-7-6-28-3/h8,10H,4-7,9,11H2,1-3H3,(H2,21,23,24). The number of carbonyl (C=O) groups is 1. The van der Waals surface area contributed by atoms with Gasteiger partial charge in [0.15, 0.2) is 0 Å². The minimum Gasteiger partial charge on any atom is -0.475 e. The Morgan fingerprint density at radius 1 is 1.23 bits per heavy atom. The number of nitrogens with two attached hydrogens (primary N) is 1. The fraction of sp³-hybridized carbons (Fsp3) is 0.474. The summed E-state index contributed by atoms with van der Waals surface area (Å²) in [4.78, 5) is 28.9. The molecular formula is C19H25ClN6O4. The molecule has 0 bridgehead atoms. The van der Waals surface area contributed by atoms with Crippen molar-refractivity contribution in [3.63, 3.8) is 0 Å². The van der Waals surface area contributed by atoms with Gasteiger partial charge in [0.2, 0.25) is 11.8 Å². The first-order valence-electron chi connectivity index (χ1n) is 9.39. The Bertz CT molecular complexity index is 911. The van der Waals surface area contributed by atoms with E-state index in [0.717, 1.165) is 12.1 Å². The van der Waals surface area contributed by atoms with Crippen LogP contribution in [0, 0.1) is 0 Å². The van der Waals surface area contributed by atoms with Gasteiger partial charge in [0.05, 0.1) is 19.6 Å². The van der Waals surface area contributed by atoms with Crippen molar-refractivity contribution in [2.24, 2.45) is 0 Å². The molecule has 0 fully saturated rings. The summed E-state index contributed by atoms with van der Waals surface area (Å²) in [6, 6.07) is 1.83. The van der Waals surface area contributed by atoms with Crippen LogP contribution in [-0.2, 0) is 22.5 Å². The summed E-state index contributed by atoms with van der Waals surface area (Å²) in [6.07, 6.45) is 1.76. The van der Waals surface area contributed by atoms with Crippen molar-refractivity contribution in [2.45, 2.75) is 13.0 Å². The van der Waals surface area contributed by atoms with Crippen LogP contribution in [0.1, 0.15) is 11.1 Å². The number of rotatable bonds is 10. The van der Waals surface area contributed by atoms with E-state index in [1.54, 1.807) is 19.4 Å². The fourth-order valence-corrected chi connectivity index (χ4v) is 3.08. The van der Waals surface area contributed by atoms with E-state index in [-0.39, 0.29) is 37.3 Å². The molecular weight excluding hydrogens is 412 g/mol. The van der Waals surface area contributed by atoms with E-state index in [9.17, 15) is 4.79 Å². The first-order valence-corrected chi connectivity index (χ1v) is 9.77. The fourth-order valence-electron chi connectivity index (χ4n) is 2.83. The number of likely N-dealkylation sites (N-methyl/N-ethyl adjacent to an activating group) is 1. The van der Waals surface area contributed by atoms with Crippen LogP contribution in [0.4, 0.5) is 11.6 Å². The van der Waals surface area contributed by atoms with E-state index in [2.05, 4.69) is 15.0 Å². The average Bonchev–Trinajstić information content (AvgIpc) is 3.00. The molecule has 30 heavy (non-hydrogen) atoms. The van der Waals surface area contributed by atoms with Gasteiger partial charge in [-0.3, -0.25) is 9.69 Å². The lowest BCUT2D eigenvalue weighted by Gasteiger charge is -2.18. The van der Waals surface area contributed by atoms with Gasteiger partial charge >= 0.3 is 6.01 Å². The SMILES string of the molecule is COCCOc1nc(N)c2c(n1)N(Cc1cnc(OCCN(C)C)c(Cl)c1)C(=O)C2. The lowest BCUT2D eigenvalue weighted by atomic mass is 10.2. The quantitative estimate of drug-likeness (QED) is 0.547. The van der Waals surface area contributed by atoms with Crippen molar-refractivity contribution in [3.05, 3.63) is 28.4 Å². The molecule has 0 radical (unpaired) electrons. The number of aromatic nitrogens is 3. The number of carbonyl (C=O) groups excluding carboxylic acids is 1. The molecule has 1 amide bonds. The Morgan fingerprint density at radius 3 is 2.73 bits per heavy atom. The predicted molar refractivity (Wildman–Crippen MR) is 112 cm³/mol. The van der Waals surface area contributed by atoms with Crippen molar-refractivity contribution in [3.8, 4) is 11.9 Å². The molecule has 0 saturated heterocycles. The van der Waals surface area contributed by atoms with E-state index in [0.29, 0.717) is 35.5 Å². The highest BCUT2D eigenvalue weighted by Crippen LogP contribution is 2.33. The molecule has 162 valence electrons. The molecule has 3 rings (SSSR count). The second-order valence-electron chi connectivity index (χ2n) is 6.97. The number of fused-ring (bicyclic) bond motifs is 1. The lowest BCUT2D eigenvalue weighted by Crippen LogP contribution is -2.27. The summed E-state index contributed by atoms with van der Waals surface area (Å²) in [7, 11) is 5.48. The van der Waals surface area contributed by atoms with Crippen molar-refractivity contribution < 1.29 is 19.0 Å². The maximum absolute atomic E-state index is 12.6. The highest BCUT2D eigenvalue weighted by Gasteiger charge is 2.32. The third kappa shape index (κ3) is 5.26. The molecule has 2 aromatic heterocycles. The second kappa shape index (κ2) is 9.88. The van der Waals surface area contributed by atoms with Gasteiger partial charge in [-0.1, -0.05) is 11.6 Å². The highest BCUT2D eigenvalue weighted by molar-refractivity contribution is 6.31. The molecule has 0 atom stereocenters. The van der Waals surface area contributed by atoms with Gasteiger partial charge in [-0.15, -0.1) is 0 Å². The number of methoxy groups -OCH3 is 1. The number of amides is 1. The van der Waals surface area contributed by atoms with Crippen LogP contribution >= 0.6 is 11.6 Å². The van der Waals surface area contributed by atoms with Crippen molar-refractivity contribution in [2.75, 3.05) is 58.2 Å². The summed E-state index contributed by atoms with van der Waals surface area (Å²) in [6.45, 7) is 2.12. The van der Waals surface area contributed by atoms with Crippen LogP contribution in [0.25, 0.3) is 0 Å². The van der Waals surface area contributed by atoms with Crippen LogP contribution < -0.4 is 20.1 Å². The number of hydrogen-bond donors (Lipinski definition) is 1. The van der Waals surface area contributed by atoms with Crippen LogP contribution in [0.2, 0.25) is 5.02 Å². The monoisotopic (exact) mass is 436 g/mol. The molecule has 2 aromatic rings. The molecule has 1 aliphatic heterocycles. The summed E-state index contributed by atoms with van der Waals surface area (Å²) in [5.41, 5.74) is 7.33. The van der Waals surface area contributed by atoms with E-state index in [1.165, 1.54) is 4.90 Å². The van der Waals surface area contributed by atoms with E-state index in [4.69, 9.17) is 31.5 Å². The number of pyridine rings is 1. The smallest absolute Gasteiger partial charge is 0.320 e. The molecule has 0 aromatic carbocycles. The zero-order valence-corrected chi connectivity index (χ0v) is 18.0. The number of ether oxygens (including phenoxy) is 3. The topological polar surface area (TPSA) is 116 Å². The number of halogens is 1. The number of anilines is 2. The lowest BCUT2D eigenvalue weighted by molar-refractivity contribution is -0.117. The minimum atomic E-state index is -0.137. The normalized spacial score (nSPS) is 13.1. The maximum atomic E-state index is 12.6. The summed E-state index contributed by atoms with van der Waals surface area (Å²) in [5, 5.41) is 0.379. The van der Waals surface area contributed by atoms with E-state index >= 15 is 0 Å². The van der Waals surface area contributed by atoms with Gasteiger partial charge in [0.1, 0.15) is 29.9 Å². The van der Waals surface area contributed by atoms with Crippen LogP contribution in [0.3, 0.4) is 0 Å². The summed E-state index contributed by atoms with van der Waals surface area (Å²) < 4.78 is 16.0. The second-order valence-corrected chi connectivity index (χ2v) is 7.38. The summed E-state index contributed by atoms with van der Waals surface area (Å²) >= 11 is 6.31. The Morgan fingerprint density at radius 2 is 2.03 bits per heavy atom. The van der Waals surface area contributed by atoms with Crippen LogP contribution in [0.15, 0.2) is 12.3 Å². The van der Waals surface area contributed by atoms with Crippen molar-refractivity contribution >= 4 is 29.1 Å². The van der Waals surface area contributed by atoms with Gasteiger partial charge in [-0.05, 0) is 25.7 Å². The van der Waals surface area contributed by atoms with Gasteiger partial charge < -0.3 is 24.8 Å². The number of nitrogen functional groups attached to an aromatic ring is 1.